The zero-order valence-corrected chi connectivity index (χ0v) is 18.4. The first kappa shape index (κ1) is 19.6. The molecule has 0 unspecified atom stereocenters. The molecule has 5 heterocycles. The van der Waals surface area contributed by atoms with E-state index in [1.54, 1.807) is 0 Å². The fraction of sp³-hybridized carbons (Fsp3) is 0.200. The van der Waals surface area contributed by atoms with Crippen LogP contribution in [0.3, 0.4) is 0 Å². The van der Waals surface area contributed by atoms with Crippen LogP contribution < -0.4 is 10.2 Å². The van der Waals surface area contributed by atoms with Gasteiger partial charge in [-0.3, -0.25) is 4.98 Å². The normalized spacial score (nSPS) is 14.8. The Morgan fingerprint density at radius 2 is 1.82 bits per heavy atom. The van der Waals surface area contributed by atoms with Gasteiger partial charge in [-0.05, 0) is 36.2 Å². The van der Waals surface area contributed by atoms with Gasteiger partial charge in [0.1, 0.15) is 11.5 Å². The van der Waals surface area contributed by atoms with Crippen LogP contribution in [-0.2, 0) is 0 Å². The maximum atomic E-state index is 4.70. The molecule has 4 aromatic heterocycles. The van der Waals surface area contributed by atoms with Crippen molar-refractivity contribution in [3.05, 3.63) is 67.4 Å². The summed E-state index contributed by atoms with van der Waals surface area (Å²) in [6.07, 6.45) is 9.38. The van der Waals surface area contributed by atoms with E-state index in [2.05, 4.69) is 66.4 Å². The lowest BCUT2D eigenvalue weighted by Gasteiger charge is -2.33. The standard InChI is InChI=1S/C25H24N8/c1-32-8-10-33(11-9-32)23-13-20(5-7-27-23)30-25-29-16-22-21(15-28-24(22)31-25)18-2-3-19-14-26-6-4-17(19)12-18/h2-7,12-16H,8-11H2,1H3,(H2,27,28,29,30,31). The predicted molar refractivity (Wildman–Crippen MR) is 132 cm³/mol. The molecule has 0 spiro atoms. The Kier molecular flexibility index (Phi) is 4.84. The zero-order chi connectivity index (χ0) is 22.2. The number of aromatic nitrogens is 5. The van der Waals surface area contributed by atoms with Crippen LogP contribution in [0.15, 0.2) is 67.4 Å². The Balaban J connectivity index is 1.26. The average molecular weight is 437 g/mol. The van der Waals surface area contributed by atoms with E-state index in [4.69, 9.17) is 4.98 Å². The molecule has 1 aromatic carbocycles. The summed E-state index contributed by atoms with van der Waals surface area (Å²) in [7, 11) is 2.15. The Hall–Kier alpha value is -4.04. The summed E-state index contributed by atoms with van der Waals surface area (Å²) < 4.78 is 0. The summed E-state index contributed by atoms with van der Waals surface area (Å²) in [4.78, 5) is 26.0. The number of H-pyrrole nitrogens is 1. The summed E-state index contributed by atoms with van der Waals surface area (Å²) >= 11 is 0. The third-order valence-corrected chi connectivity index (χ3v) is 6.21. The minimum absolute atomic E-state index is 0.552. The van der Waals surface area contributed by atoms with Gasteiger partial charge in [0.2, 0.25) is 5.95 Å². The summed E-state index contributed by atoms with van der Waals surface area (Å²) in [5.41, 5.74) is 3.92. The number of rotatable bonds is 4. The topological polar surface area (TPSA) is 85.9 Å². The molecule has 0 saturated carbocycles. The Bertz CT molecular complexity index is 1440. The third-order valence-electron chi connectivity index (χ3n) is 6.21. The third kappa shape index (κ3) is 3.85. The number of benzene rings is 1. The van der Waals surface area contributed by atoms with Crippen LogP contribution in [0, 0.1) is 0 Å². The number of likely N-dealkylation sites (N-methyl/N-ethyl adjacent to an activating group) is 1. The van der Waals surface area contributed by atoms with Crippen molar-refractivity contribution in [2.24, 2.45) is 0 Å². The number of aromatic amines is 1. The number of nitrogens with zero attached hydrogens (tertiary/aromatic N) is 6. The van der Waals surface area contributed by atoms with Gasteiger partial charge < -0.3 is 20.1 Å². The first-order valence-electron chi connectivity index (χ1n) is 11.1. The number of hydrogen-bond donors (Lipinski definition) is 2. The maximum Gasteiger partial charge on any atom is 0.229 e. The van der Waals surface area contributed by atoms with Gasteiger partial charge in [0.25, 0.3) is 0 Å². The van der Waals surface area contributed by atoms with Crippen LogP contribution >= 0.6 is 0 Å². The van der Waals surface area contributed by atoms with E-state index in [1.807, 2.05) is 43.1 Å². The van der Waals surface area contributed by atoms with Crippen LogP contribution in [-0.4, -0.2) is 63.0 Å². The fourth-order valence-electron chi connectivity index (χ4n) is 4.29. The highest BCUT2D eigenvalue weighted by Crippen LogP contribution is 2.30. The van der Waals surface area contributed by atoms with Crippen molar-refractivity contribution in [2.45, 2.75) is 0 Å². The molecule has 1 fully saturated rings. The van der Waals surface area contributed by atoms with Crippen molar-refractivity contribution in [1.82, 2.24) is 29.8 Å². The fourth-order valence-corrected chi connectivity index (χ4v) is 4.29. The lowest BCUT2D eigenvalue weighted by Crippen LogP contribution is -2.44. The first-order valence-corrected chi connectivity index (χ1v) is 11.1. The smallest absolute Gasteiger partial charge is 0.229 e. The molecular weight excluding hydrogens is 412 g/mol. The number of nitrogens with one attached hydrogen (secondary N) is 2. The summed E-state index contributed by atoms with van der Waals surface area (Å²) in [6, 6.07) is 12.4. The van der Waals surface area contributed by atoms with E-state index in [1.165, 1.54) is 0 Å². The molecule has 2 N–H and O–H groups in total. The zero-order valence-electron chi connectivity index (χ0n) is 18.4. The van der Waals surface area contributed by atoms with Crippen molar-refractivity contribution >= 4 is 39.3 Å². The lowest BCUT2D eigenvalue weighted by molar-refractivity contribution is 0.312. The van der Waals surface area contributed by atoms with Gasteiger partial charge in [0.15, 0.2) is 0 Å². The van der Waals surface area contributed by atoms with Crippen molar-refractivity contribution in [3.63, 3.8) is 0 Å². The van der Waals surface area contributed by atoms with Crippen molar-refractivity contribution in [2.75, 3.05) is 43.4 Å². The molecule has 1 aliphatic rings. The van der Waals surface area contributed by atoms with E-state index in [9.17, 15) is 0 Å². The second-order valence-electron chi connectivity index (χ2n) is 8.41. The monoisotopic (exact) mass is 436 g/mol. The van der Waals surface area contributed by atoms with Crippen LogP contribution in [0.4, 0.5) is 17.5 Å². The number of anilines is 3. The van der Waals surface area contributed by atoms with Crippen LogP contribution in [0.2, 0.25) is 0 Å². The molecule has 164 valence electrons. The second kappa shape index (κ2) is 8.14. The molecule has 0 radical (unpaired) electrons. The van der Waals surface area contributed by atoms with Gasteiger partial charge in [-0.1, -0.05) is 12.1 Å². The minimum Gasteiger partial charge on any atom is -0.354 e. The average Bonchev–Trinajstić information content (AvgIpc) is 3.28. The Morgan fingerprint density at radius 3 is 2.73 bits per heavy atom. The molecule has 8 heteroatoms. The van der Waals surface area contributed by atoms with E-state index in [-0.39, 0.29) is 0 Å². The second-order valence-corrected chi connectivity index (χ2v) is 8.41. The van der Waals surface area contributed by atoms with Gasteiger partial charge >= 0.3 is 0 Å². The van der Waals surface area contributed by atoms with Crippen LogP contribution in [0.25, 0.3) is 32.9 Å². The van der Waals surface area contributed by atoms with Crippen molar-refractivity contribution < 1.29 is 0 Å². The van der Waals surface area contributed by atoms with Gasteiger partial charge in [0.05, 0.1) is 0 Å². The highest BCUT2D eigenvalue weighted by molar-refractivity contribution is 5.96. The van der Waals surface area contributed by atoms with Crippen LogP contribution in [0.1, 0.15) is 0 Å². The van der Waals surface area contributed by atoms with Gasteiger partial charge in [-0.25, -0.2) is 9.97 Å². The molecule has 0 amide bonds. The van der Waals surface area contributed by atoms with E-state index >= 15 is 0 Å². The SMILES string of the molecule is CN1CCN(c2cc(Nc3ncc4c(-c5ccc6cnccc6c5)c[nH]c4n3)ccn2)CC1. The Morgan fingerprint density at radius 1 is 0.909 bits per heavy atom. The van der Waals surface area contributed by atoms with Crippen molar-refractivity contribution in [3.8, 4) is 11.1 Å². The maximum absolute atomic E-state index is 4.70. The molecule has 6 rings (SSSR count). The summed E-state index contributed by atoms with van der Waals surface area (Å²) in [5.74, 6) is 1.53. The molecular formula is C25H24N8. The number of fused-ring (bicyclic) bond motifs is 2. The quantitative estimate of drug-likeness (QED) is 0.439. The molecule has 1 aliphatic heterocycles. The molecule has 0 bridgehead atoms. The molecule has 5 aromatic rings. The van der Waals surface area contributed by atoms with E-state index in [0.29, 0.717) is 5.95 Å². The van der Waals surface area contributed by atoms with Crippen molar-refractivity contribution in [1.29, 1.82) is 0 Å². The molecule has 0 atom stereocenters. The Labute approximate surface area is 191 Å². The number of hydrogen-bond acceptors (Lipinski definition) is 7. The van der Waals surface area contributed by atoms with Gasteiger partial charge in [-0.15, -0.1) is 0 Å². The van der Waals surface area contributed by atoms with Gasteiger partial charge in [0, 0.05) is 85.3 Å². The molecule has 0 aliphatic carbocycles. The number of pyridine rings is 2. The summed E-state index contributed by atoms with van der Waals surface area (Å²) in [6.45, 7) is 4.04. The minimum atomic E-state index is 0.552. The predicted octanol–water partition coefficient (Wildman–Crippen LogP) is 4.06. The summed E-state index contributed by atoms with van der Waals surface area (Å²) in [5, 5.41) is 6.60. The number of piperazine rings is 1. The highest BCUT2D eigenvalue weighted by Gasteiger charge is 2.16. The lowest BCUT2D eigenvalue weighted by atomic mass is 10.0. The van der Waals surface area contributed by atoms with Gasteiger partial charge in [-0.2, -0.15) is 4.98 Å². The van der Waals surface area contributed by atoms with E-state index in [0.717, 1.165) is 70.6 Å². The highest BCUT2D eigenvalue weighted by atomic mass is 15.3. The van der Waals surface area contributed by atoms with E-state index < -0.39 is 0 Å². The van der Waals surface area contributed by atoms with Crippen LogP contribution in [0.5, 0.6) is 0 Å². The molecule has 33 heavy (non-hydrogen) atoms. The molecule has 1 saturated heterocycles. The largest absolute Gasteiger partial charge is 0.354 e. The first-order chi connectivity index (χ1) is 16.2. The molecule has 8 nitrogen and oxygen atoms in total.